The van der Waals surface area contributed by atoms with E-state index in [0.717, 1.165) is 41.9 Å². The molecule has 30 heavy (non-hydrogen) atoms. The predicted octanol–water partition coefficient (Wildman–Crippen LogP) is 4.76. The number of aryl methyl sites for hydroxylation is 1. The van der Waals surface area contributed by atoms with Gasteiger partial charge in [-0.15, -0.1) is 0 Å². The van der Waals surface area contributed by atoms with Gasteiger partial charge < -0.3 is 4.90 Å². The number of halogens is 2. The van der Waals surface area contributed by atoms with Gasteiger partial charge in [0.05, 0.1) is 11.4 Å². The van der Waals surface area contributed by atoms with E-state index in [-0.39, 0.29) is 23.5 Å². The summed E-state index contributed by atoms with van der Waals surface area (Å²) < 4.78 is 26.4. The number of nitrogens with zero attached hydrogens (tertiary/aromatic N) is 3. The Morgan fingerprint density at radius 2 is 1.63 bits per heavy atom. The Hall–Kier alpha value is -3.15. The highest BCUT2D eigenvalue weighted by atomic mass is 19.1. The van der Waals surface area contributed by atoms with Gasteiger partial charge in [-0.05, 0) is 61.2 Å². The van der Waals surface area contributed by atoms with Crippen molar-refractivity contribution in [2.45, 2.75) is 31.6 Å². The van der Waals surface area contributed by atoms with Gasteiger partial charge in [0.1, 0.15) is 11.6 Å². The molecule has 154 valence electrons. The maximum Gasteiger partial charge on any atom is 0.222 e. The summed E-state index contributed by atoms with van der Waals surface area (Å²) in [6.07, 6.45) is 6.10. The lowest BCUT2D eigenvalue weighted by atomic mass is 9.91. The minimum Gasteiger partial charge on any atom is -0.342 e. The molecule has 1 aromatic heterocycles. The number of likely N-dealkylation sites (tertiary alicyclic amines) is 1. The van der Waals surface area contributed by atoms with Crippen molar-refractivity contribution in [2.75, 3.05) is 13.1 Å². The summed E-state index contributed by atoms with van der Waals surface area (Å²) in [5, 5.41) is 0. The molecule has 1 aliphatic heterocycles. The molecule has 0 bridgehead atoms. The third-order valence-corrected chi connectivity index (χ3v) is 5.55. The molecule has 1 amide bonds. The molecule has 3 aromatic rings. The number of amides is 1. The number of hydrogen-bond acceptors (Lipinski definition) is 3. The molecule has 4 rings (SSSR count). The molecule has 1 atom stereocenters. The highest BCUT2D eigenvalue weighted by Gasteiger charge is 2.27. The van der Waals surface area contributed by atoms with Crippen molar-refractivity contribution in [2.24, 2.45) is 0 Å². The van der Waals surface area contributed by atoms with Gasteiger partial charge in [-0.3, -0.25) is 14.8 Å². The van der Waals surface area contributed by atoms with Gasteiger partial charge in [0, 0.05) is 43.4 Å². The highest BCUT2D eigenvalue weighted by molar-refractivity contribution is 5.76. The van der Waals surface area contributed by atoms with E-state index in [0.29, 0.717) is 19.4 Å². The van der Waals surface area contributed by atoms with Gasteiger partial charge in [-0.25, -0.2) is 8.78 Å². The molecule has 6 heteroatoms. The van der Waals surface area contributed by atoms with Gasteiger partial charge in [0.2, 0.25) is 5.91 Å². The van der Waals surface area contributed by atoms with Crippen LogP contribution in [0.1, 0.15) is 36.4 Å². The Kier molecular flexibility index (Phi) is 6.12. The lowest BCUT2D eigenvalue weighted by Crippen LogP contribution is -2.39. The first-order valence-corrected chi connectivity index (χ1v) is 10.2. The Morgan fingerprint density at radius 1 is 0.967 bits per heavy atom. The minimum atomic E-state index is -0.292. The first-order valence-electron chi connectivity index (χ1n) is 10.2. The average molecular weight is 407 g/mol. The maximum atomic E-state index is 13.3. The first-order chi connectivity index (χ1) is 14.6. The SMILES string of the molecule is O=C(CCc1ccc(F)cc1)N1CCC[C@H](c2nccnc2-c2ccc(F)cc2)C1. The highest BCUT2D eigenvalue weighted by Crippen LogP contribution is 2.32. The van der Waals surface area contributed by atoms with Crippen molar-refractivity contribution >= 4 is 5.91 Å². The number of benzene rings is 2. The quantitative estimate of drug-likeness (QED) is 0.613. The van der Waals surface area contributed by atoms with Crippen LogP contribution < -0.4 is 0 Å². The summed E-state index contributed by atoms with van der Waals surface area (Å²) in [6, 6.07) is 12.5. The molecule has 0 unspecified atom stereocenters. The number of carbonyl (C=O) groups is 1. The van der Waals surface area contributed by atoms with Crippen LogP contribution in [-0.4, -0.2) is 33.9 Å². The summed E-state index contributed by atoms with van der Waals surface area (Å²) in [7, 11) is 0. The van der Waals surface area contributed by atoms with Crippen molar-refractivity contribution in [3.05, 3.63) is 83.8 Å². The van der Waals surface area contributed by atoms with E-state index < -0.39 is 0 Å². The Morgan fingerprint density at radius 3 is 2.37 bits per heavy atom. The smallest absolute Gasteiger partial charge is 0.222 e. The summed E-state index contributed by atoms with van der Waals surface area (Å²) in [6.45, 7) is 1.32. The first kappa shape index (κ1) is 20.1. The van der Waals surface area contributed by atoms with E-state index in [1.54, 1.807) is 36.7 Å². The topological polar surface area (TPSA) is 46.1 Å². The molecule has 0 N–H and O–H groups in total. The maximum absolute atomic E-state index is 13.3. The van der Waals surface area contributed by atoms with Crippen LogP contribution >= 0.6 is 0 Å². The lowest BCUT2D eigenvalue weighted by molar-refractivity contribution is -0.132. The van der Waals surface area contributed by atoms with Crippen LogP contribution in [0.5, 0.6) is 0 Å². The van der Waals surface area contributed by atoms with Crippen LogP contribution in [0.4, 0.5) is 8.78 Å². The largest absolute Gasteiger partial charge is 0.342 e. The average Bonchev–Trinajstić information content (AvgIpc) is 2.79. The van der Waals surface area contributed by atoms with Crippen molar-refractivity contribution in [3.8, 4) is 11.3 Å². The van der Waals surface area contributed by atoms with Crippen molar-refractivity contribution in [1.82, 2.24) is 14.9 Å². The molecule has 1 aliphatic rings. The molecule has 4 nitrogen and oxygen atoms in total. The van der Waals surface area contributed by atoms with E-state index in [9.17, 15) is 13.6 Å². The van der Waals surface area contributed by atoms with Gasteiger partial charge in [0.25, 0.3) is 0 Å². The monoisotopic (exact) mass is 407 g/mol. The third kappa shape index (κ3) is 4.70. The summed E-state index contributed by atoms with van der Waals surface area (Å²) in [5.41, 5.74) is 3.35. The van der Waals surface area contributed by atoms with Crippen LogP contribution in [0.3, 0.4) is 0 Å². The number of aromatic nitrogens is 2. The van der Waals surface area contributed by atoms with Gasteiger partial charge >= 0.3 is 0 Å². The zero-order valence-electron chi connectivity index (χ0n) is 16.6. The van der Waals surface area contributed by atoms with E-state index >= 15 is 0 Å². The van der Waals surface area contributed by atoms with Crippen LogP contribution in [0.25, 0.3) is 11.3 Å². The van der Waals surface area contributed by atoms with Crippen LogP contribution in [0, 0.1) is 11.6 Å². The summed E-state index contributed by atoms with van der Waals surface area (Å²) in [5.74, 6) is -0.386. The fourth-order valence-corrected chi connectivity index (χ4v) is 3.97. The Balaban J connectivity index is 1.46. The van der Waals surface area contributed by atoms with E-state index in [1.807, 2.05) is 4.90 Å². The minimum absolute atomic E-state index is 0.0854. The molecule has 0 aliphatic carbocycles. The van der Waals surface area contributed by atoms with E-state index in [1.165, 1.54) is 24.3 Å². The van der Waals surface area contributed by atoms with Gasteiger partial charge in [-0.2, -0.15) is 0 Å². The summed E-state index contributed by atoms with van der Waals surface area (Å²) in [4.78, 5) is 23.7. The molecular weight excluding hydrogens is 384 g/mol. The number of rotatable bonds is 5. The number of piperidine rings is 1. The van der Waals surface area contributed by atoms with E-state index in [4.69, 9.17) is 0 Å². The molecule has 0 saturated carbocycles. The molecule has 1 saturated heterocycles. The zero-order valence-corrected chi connectivity index (χ0v) is 16.6. The molecule has 2 heterocycles. The van der Waals surface area contributed by atoms with E-state index in [2.05, 4.69) is 9.97 Å². The second-order valence-corrected chi connectivity index (χ2v) is 7.60. The lowest BCUT2D eigenvalue weighted by Gasteiger charge is -2.33. The Bertz CT molecular complexity index is 1010. The second-order valence-electron chi connectivity index (χ2n) is 7.60. The third-order valence-electron chi connectivity index (χ3n) is 5.55. The predicted molar refractivity (Wildman–Crippen MR) is 111 cm³/mol. The second kappa shape index (κ2) is 9.11. The molecular formula is C24H23F2N3O. The normalized spacial score (nSPS) is 16.5. The molecule has 2 aromatic carbocycles. The van der Waals surface area contributed by atoms with Crippen LogP contribution in [0.15, 0.2) is 60.9 Å². The Labute approximate surface area is 174 Å². The number of hydrogen-bond donors (Lipinski definition) is 0. The molecule has 0 spiro atoms. The van der Waals surface area contributed by atoms with Crippen LogP contribution in [0.2, 0.25) is 0 Å². The van der Waals surface area contributed by atoms with Crippen molar-refractivity contribution < 1.29 is 13.6 Å². The number of carbonyl (C=O) groups excluding carboxylic acids is 1. The molecule has 1 fully saturated rings. The van der Waals surface area contributed by atoms with Gasteiger partial charge in [-0.1, -0.05) is 12.1 Å². The van der Waals surface area contributed by atoms with Crippen molar-refractivity contribution in [1.29, 1.82) is 0 Å². The fourth-order valence-electron chi connectivity index (χ4n) is 3.97. The molecule has 0 radical (unpaired) electrons. The standard InChI is InChI=1S/C24H23F2N3O/c25-20-8-3-17(4-9-20)5-12-22(30)29-15-1-2-19(16-29)24-23(27-13-14-28-24)18-6-10-21(26)11-7-18/h3-4,6-11,13-14,19H,1-2,5,12,15-16H2/t19-/m0/s1. The van der Waals surface area contributed by atoms with Crippen LogP contribution in [-0.2, 0) is 11.2 Å². The zero-order chi connectivity index (χ0) is 20.9. The van der Waals surface area contributed by atoms with Crippen molar-refractivity contribution in [3.63, 3.8) is 0 Å². The van der Waals surface area contributed by atoms with Gasteiger partial charge in [0.15, 0.2) is 0 Å². The fraction of sp³-hybridized carbons (Fsp3) is 0.292. The summed E-state index contributed by atoms with van der Waals surface area (Å²) >= 11 is 0.